The van der Waals surface area contributed by atoms with Crippen molar-refractivity contribution < 1.29 is 23.8 Å². The number of hydrogen-bond acceptors (Lipinski definition) is 5. The summed E-state index contributed by atoms with van der Waals surface area (Å²) in [4.78, 5) is 24.5. The van der Waals surface area contributed by atoms with E-state index in [9.17, 15) is 9.59 Å². The van der Waals surface area contributed by atoms with E-state index in [1.165, 1.54) is 21.1 Å². The number of ether oxygens (including phenoxy) is 3. The zero-order valence-electron chi connectivity index (χ0n) is 13.7. The zero-order valence-corrected chi connectivity index (χ0v) is 13.7. The minimum absolute atomic E-state index is 0.141. The molecule has 0 saturated heterocycles. The van der Waals surface area contributed by atoms with Crippen LogP contribution < -0.4 is 14.8 Å². The second kappa shape index (κ2) is 8.01. The van der Waals surface area contributed by atoms with Crippen LogP contribution >= 0.6 is 0 Å². The number of nitrogens with one attached hydrogen (secondary N) is 1. The maximum absolute atomic E-state index is 12.4. The average molecular weight is 329 g/mol. The van der Waals surface area contributed by atoms with Gasteiger partial charge in [0.2, 0.25) is 0 Å². The maximum atomic E-state index is 12.4. The Hall–Kier alpha value is -3.02. The van der Waals surface area contributed by atoms with Crippen LogP contribution in [0.1, 0.15) is 17.3 Å². The standard InChI is InChI=1S/C18H19NO5/c1-12(17(20)19-13-8-5-4-6-9-13)24-18(21)16-14(22-2)10-7-11-15(16)23-3/h4-12H,1-3H3,(H,19,20)/t12-/m1/s1. The minimum atomic E-state index is -0.979. The molecule has 0 heterocycles. The van der Waals surface area contributed by atoms with E-state index in [0.717, 1.165) is 0 Å². The number of esters is 1. The Kier molecular flexibility index (Phi) is 5.78. The van der Waals surface area contributed by atoms with Crippen molar-refractivity contribution in [1.82, 2.24) is 0 Å². The fraction of sp³-hybridized carbons (Fsp3) is 0.222. The molecule has 1 N–H and O–H groups in total. The number of benzene rings is 2. The van der Waals surface area contributed by atoms with Crippen LogP contribution in [0.3, 0.4) is 0 Å². The molecule has 0 unspecified atom stereocenters. The van der Waals surface area contributed by atoms with Crippen molar-refractivity contribution in [1.29, 1.82) is 0 Å². The highest BCUT2D eigenvalue weighted by Gasteiger charge is 2.24. The van der Waals surface area contributed by atoms with Crippen molar-refractivity contribution in [3.63, 3.8) is 0 Å². The normalized spacial score (nSPS) is 11.3. The third-order valence-electron chi connectivity index (χ3n) is 3.33. The van der Waals surface area contributed by atoms with Gasteiger partial charge in [-0.15, -0.1) is 0 Å². The molecule has 24 heavy (non-hydrogen) atoms. The molecule has 0 aromatic heterocycles. The van der Waals surface area contributed by atoms with Crippen molar-refractivity contribution in [3.8, 4) is 11.5 Å². The molecular formula is C18H19NO5. The first kappa shape index (κ1) is 17.3. The van der Waals surface area contributed by atoms with Gasteiger partial charge in [-0.05, 0) is 31.2 Å². The molecule has 0 bridgehead atoms. The lowest BCUT2D eigenvalue weighted by atomic mass is 10.1. The Morgan fingerprint density at radius 2 is 1.50 bits per heavy atom. The largest absolute Gasteiger partial charge is 0.496 e. The van der Waals surface area contributed by atoms with Gasteiger partial charge in [-0.25, -0.2) is 4.79 Å². The first-order valence-corrected chi connectivity index (χ1v) is 7.34. The molecule has 0 fully saturated rings. The number of anilines is 1. The van der Waals surface area contributed by atoms with E-state index >= 15 is 0 Å². The summed E-state index contributed by atoms with van der Waals surface area (Å²) in [6.07, 6.45) is -0.979. The van der Waals surface area contributed by atoms with Crippen molar-refractivity contribution in [3.05, 3.63) is 54.1 Å². The van der Waals surface area contributed by atoms with E-state index in [2.05, 4.69) is 5.32 Å². The SMILES string of the molecule is COc1cccc(OC)c1C(=O)O[C@H](C)C(=O)Nc1ccccc1. The van der Waals surface area contributed by atoms with Gasteiger partial charge in [0.05, 0.1) is 14.2 Å². The molecule has 0 spiro atoms. The third kappa shape index (κ3) is 4.04. The molecule has 6 heteroatoms. The lowest BCUT2D eigenvalue weighted by Gasteiger charge is -2.16. The number of carbonyl (C=O) groups is 2. The summed E-state index contributed by atoms with van der Waals surface area (Å²) in [5.74, 6) is -0.492. The Bertz CT molecular complexity index is 692. The van der Waals surface area contributed by atoms with Crippen LogP contribution in [0.4, 0.5) is 5.69 Å². The predicted octanol–water partition coefficient (Wildman–Crippen LogP) is 2.89. The van der Waals surface area contributed by atoms with E-state index in [-0.39, 0.29) is 5.56 Å². The summed E-state index contributed by atoms with van der Waals surface area (Å²) < 4.78 is 15.6. The van der Waals surface area contributed by atoms with Crippen LogP contribution in [0.5, 0.6) is 11.5 Å². The summed E-state index contributed by atoms with van der Waals surface area (Å²) in [6.45, 7) is 1.50. The second-order valence-corrected chi connectivity index (χ2v) is 4.94. The molecule has 0 saturated carbocycles. The van der Waals surface area contributed by atoms with Crippen molar-refractivity contribution >= 4 is 17.6 Å². The summed E-state index contributed by atoms with van der Waals surface area (Å²) >= 11 is 0. The average Bonchev–Trinajstić information content (AvgIpc) is 2.61. The van der Waals surface area contributed by atoms with Crippen LogP contribution in [0, 0.1) is 0 Å². The zero-order chi connectivity index (χ0) is 17.5. The summed E-state index contributed by atoms with van der Waals surface area (Å²) in [5, 5.41) is 2.68. The van der Waals surface area contributed by atoms with Gasteiger partial charge in [0.25, 0.3) is 5.91 Å². The number of hydrogen-bond donors (Lipinski definition) is 1. The quantitative estimate of drug-likeness (QED) is 0.825. The molecule has 1 amide bonds. The first-order valence-electron chi connectivity index (χ1n) is 7.34. The van der Waals surface area contributed by atoms with Crippen molar-refractivity contribution in [2.45, 2.75) is 13.0 Å². The molecule has 6 nitrogen and oxygen atoms in total. The smallest absolute Gasteiger partial charge is 0.346 e. The van der Waals surface area contributed by atoms with Gasteiger partial charge < -0.3 is 19.5 Å². The number of para-hydroxylation sites is 1. The Labute approximate surface area is 140 Å². The number of amides is 1. The van der Waals surface area contributed by atoms with Gasteiger partial charge >= 0.3 is 5.97 Å². The highest BCUT2D eigenvalue weighted by atomic mass is 16.6. The Balaban J connectivity index is 2.10. The van der Waals surface area contributed by atoms with Crippen LogP contribution in [0.25, 0.3) is 0 Å². The van der Waals surface area contributed by atoms with E-state index in [1.54, 1.807) is 42.5 Å². The number of methoxy groups -OCH3 is 2. The van der Waals surface area contributed by atoms with Gasteiger partial charge in [0.1, 0.15) is 17.1 Å². The van der Waals surface area contributed by atoms with E-state index in [0.29, 0.717) is 17.2 Å². The molecule has 0 radical (unpaired) electrons. The minimum Gasteiger partial charge on any atom is -0.496 e. The van der Waals surface area contributed by atoms with E-state index in [1.807, 2.05) is 6.07 Å². The molecular weight excluding hydrogens is 310 g/mol. The molecule has 0 aliphatic heterocycles. The molecule has 126 valence electrons. The molecule has 1 atom stereocenters. The van der Waals surface area contributed by atoms with Gasteiger partial charge in [-0.2, -0.15) is 0 Å². The predicted molar refractivity (Wildman–Crippen MR) is 89.5 cm³/mol. The maximum Gasteiger partial charge on any atom is 0.346 e. The lowest BCUT2D eigenvalue weighted by Crippen LogP contribution is -2.30. The Morgan fingerprint density at radius 3 is 2.04 bits per heavy atom. The van der Waals surface area contributed by atoms with E-state index < -0.39 is 18.0 Å². The fourth-order valence-electron chi connectivity index (χ4n) is 2.09. The molecule has 2 rings (SSSR count). The molecule has 0 aliphatic rings. The van der Waals surface area contributed by atoms with Crippen molar-refractivity contribution in [2.24, 2.45) is 0 Å². The Morgan fingerprint density at radius 1 is 0.917 bits per heavy atom. The van der Waals surface area contributed by atoms with Crippen LogP contribution in [0.15, 0.2) is 48.5 Å². The summed E-state index contributed by atoms with van der Waals surface area (Å²) in [6, 6.07) is 13.9. The van der Waals surface area contributed by atoms with Crippen LogP contribution in [0.2, 0.25) is 0 Å². The third-order valence-corrected chi connectivity index (χ3v) is 3.33. The summed E-state index contributed by atoms with van der Waals surface area (Å²) in [5.41, 5.74) is 0.766. The van der Waals surface area contributed by atoms with E-state index in [4.69, 9.17) is 14.2 Å². The first-order chi connectivity index (χ1) is 11.6. The number of carbonyl (C=O) groups excluding carboxylic acids is 2. The molecule has 0 aliphatic carbocycles. The van der Waals surface area contributed by atoms with Crippen molar-refractivity contribution in [2.75, 3.05) is 19.5 Å². The molecule has 2 aromatic carbocycles. The lowest BCUT2D eigenvalue weighted by molar-refractivity contribution is -0.123. The number of rotatable bonds is 6. The van der Waals surface area contributed by atoms with Gasteiger partial charge in [0, 0.05) is 5.69 Å². The topological polar surface area (TPSA) is 73.9 Å². The van der Waals surface area contributed by atoms with Gasteiger partial charge in [-0.1, -0.05) is 24.3 Å². The fourth-order valence-corrected chi connectivity index (χ4v) is 2.09. The molecule has 2 aromatic rings. The van der Waals surface area contributed by atoms with Gasteiger partial charge in [-0.3, -0.25) is 4.79 Å². The van der Waals surface area contributed by atoms with Crippen LogP contribution in [-0.2, 0) is 9.53 Å². The van der Waals surface area contributed by atoms with Gasteiger partial charge in [0.15, 0.2) is 6.10 Å². The summed E-state index contributed by atoms with van der Waals surface area (Å²) in [7, 11) is 2.88. The highest BCUT2D eigenvalue weighted by molar-refractivity contribution is 5.99. The monoisotopic (exact) mass is 329 g/mol. The highest BCUT2D eigenvalue weighted by Crippen LogP contribution is 2.29. The van der Waals surface area contributed by atoms with Crippen LogP contribution in [-0.4, -0.2) is 32.2 Å². The second-order valence-electron chi connectivity index (χ2n) is 4.94.